The highest BCUT2D eigenvalue weighted by molar-refractivity contribution is 5.92. The molecule has 4 heterocycles. The number of carboxylic acid groups (broad SMARTS) is 1. The van der Waals surface area contributed by atoms with Gasteiger partial charge >= 0.3 is 5.97 Å². The van der Waals surface area contributed by atoms with Gasteiger partial charge in [0.25, 0.3) is 0 Å². The van der Waals surface area contributed by atoms with E-state index in [0.29, 0.717) is 13.1 Å². The summed E-state index contributed by atoms with van der Waals surface area (Å²) < 4.78 is 30.2. The molecule has 0 bridgehead atoms. The number of aromatic nitrogens is 4. The van der Waals surface area contributed by atoms with Crippen LogP contribution in [0, 0.1) is 5.82 Å². The number of ether oxygens (including phenoxy) is 2. The zero-order chi connectivity index (χ0) is 29.5. The molecule has 0 radical (unpaired) electrons. The van der Waals surface area contributed by atoms with Crippen LogP contribution in [0.15, 0.2) is 66.9 Å². The number of fused-ring (bicyclic) bond motifs is 2. The van der Waals surface area contributed by atoms with Crippen molar-refractivity contribution in [2.75, 3.05) is 19.7 Å². The first-order valence-electron chi connectivity index (χ1n) is 14.5. The molecule has 2 aliphatic heterocycles. The number of hydrogen-bond acceptors (Lipinski definition) is 6. The molecule has 0 aliphatic carbocycles. The molecule has 0 amide bonds. The molecule has 0 saturated carbocycles. The van der Waals surface area contributed by atoms with Gasteiger partial charge in [-0.2, -0.15) is 5.10 Å². The first kappa shape index (κ1) is 27.3. The van der Waals surface area contributed by atoms with Crippen LogP contribution in [0.4, 0.5) is 4.39 Å². The van der Waals surface area contributed by atoms with E-state index in [1.807, 2.05) is 42.2 Å². The molecule has 1 fully saturated rings. The van der Waals surface area contributed by atoms with Gasteiger partial charge in [-0.25, -0.2) is 14.2 Å². The van der Waals surface area contributed by atoms with Crippen molar-refractivity contribution < 1.29 is 23.8 Å². The monoisotopic (exact) mass is 581 g/mol. The Hall–Kier alpha value is -4.54. The summed E-state index contributed by atoms with van der Waals surface area (Å²) >= 11 is 0. The van der Waals surface area contributed by atoms with Crippen molar-refractivity contribution in [1.29, 1.82) is 0 Å². The van der Waals surface area contributed by atoms with Crippen molar-refractivity contribution >= 4 is 33.5 Å². The Bertz CT molecular complexity index is 1870. The quantitative estimate of drug-likeness (QED) is 0.249. The summed E-state index contributed by atoms with van der Waals surface area (Å²) in [5.41, 5.74) is 5.94. The van der Waals surface area contributed by atoms with Crippen LogP contribution in [-0.2, 0) is 31.5 Å². The van der Waals surface area contributed by atoms with Gasteiger partial charge in [0.15, 0.2) is 11.6 Å². The Morgan fingerprint density at radius 2 is 2.02 bits per heavy atom. The minimum atomic E-state index is -0.953. The van der Waals surface area contributed by atoms with E-state index < -0.39 is 5.97 Å². The van der Waals surface area contributed by atoms with E-state index in [1.54, 1.807) is 24.3 Å². The maximum absolute atomic E-state index is 14.7. The fourth-order valence-electron chi connectivity index (χ4n) is 5.86. The van der Waals surface area contributed by atoms with Crippen LogP contribution >= 0.6 is 0 Å². The maximum Gasteiger partial charge on any atom is 0.335 e. The lowest BCUT2D eigenvalue weighted by molar-refractivity contribution is -0.0591. The molecule has 43 heavy (non-hydrogen) atoms. The Labute approximate surface area is 247 Å². The second-order valence-electron chi connectivity index (χ2n) is 11.2. The standard InChI is InChI=1S/C33H32FN5O4/c1-37-29-7-2-21(14-25(29)17-35-37)20-43-31-16-23(3-5-27(31)34)22-8-11-38(12-9-22)19-32-36-28-6-4-24(33(40)41)15-30(28)39(32)18-26-10-13-42-26/h2-8,14-17,26H,9-13,18-20H2,1H3,(H,40,41)/t26-/m0/s1. The van der Waals surface area contributed by atoms with E-state index in [2.05, 4.69) is 20.6 Å². The van der Waals surface area contributed by atoms with Gasteiger partial charge in [-0.3, -0.25) is 9.58 Å². The fraction of sp³-hybridized carbons (Fsp3) is 0.303. The lowest BCUT2D eigenvalue weighted by Crippen LogP contribution is -2.33. The number of halogens is 1. The molecule has 0 spiro atoms. The number of carbonyl (C=O) groups is 1. The van der Waals surface area contributed by atoms with E-state index in [4.69, 9.17) is 14.5 Å². The smallest absolute Gasteiger partial charge is 0.335 e. The molecular weight excluding hydrogens is 549 g/mol. The van der Waals surface area contributed by atoms with Crippen LogP contribution in [0.1, 0.15) is 40.2 Å². The molecule has 0 unspecified atom stereocenters. The summed E-state index contributed by atoms with van der Waals surface area (Å²) in [6.45, 7) is 3.83. The summed E-state index contributed by atoms with van der Waals surface area (Å²) in [6.07, 6.45) is 5.90. The molecule has 9 nitrogen and oxygen atoms in total. The highest BCUT2D eigenvalue weighted by Crippen LogP contribution is 2.30. The molecule has 2 aliphatic rings. The average molecular weight is 582 g/mol. The molecule has 1 saturated heterocycles. The molecule has 3 aromatic carbocycles. The molecular formula is C33H32FN5O4. The topological polar surface area (TPSA) is 94.6 Å². The van der Waals surface area contributed by atoms with E-state index >= 15 is 0 Å². The highest BCUT2D eigenvalue weighted by Gasteiger charge is 2.24. The number of nitrogens with zero attached hydrogens (tertiary/aromatic N) is 5. The van der Waals surface area contributed by atoms with Gasteiger partial charge in [-0.1, -0.05) is 18.2 Å². The second kappa shape index (κ2) is 11.3. The van der Waals surface area contributed by atoms with Crippen molar-refractivity contribution in [3.8, 4) is 5.75 Å². The highest BCUT2D eigenvalue weighted by atomic mass is 19.1. The molecule has 1 N–H and O–H groups in total. The van der Waals surface area contributed by atoms with E-state index in [0.717, 1.165) is 77.0 Å². The van der Waals surface area contributed by atoms with Gasteiger partial charge in [0.2, 0.25) is 0 Å². The van der Waals surface area contributed by atoms with Gasteiger partial charge in [0.05, 0.1) is 47.5 Å². The maximum atomic E-state index is 14.7. The van der Waals surface area contributed by atoms with Crippen LogP contribution in [0.25, 0.3) is 27.5 Å². The number of rotatable bonds is 9. The van der Waals surface area contributed by atoms with Crippen LogP contribution in [0.2, 0.25) is 0 Å². The molecule has 7 rings (SSSR count). The Balaban J connectivity index is 1.05. The lowest BCUT2D eigenvalue weighted by Gasteiger charge is -2.29. The van der Waals surface area contributed by atoms with Crippen LogP contribution in [0.5, 0.6) is 5.75 Å². The predicted molar refractivity (Wildman–Crippen MR) is 160 cm³/mol. The minimum absolute atomic E-state index is 0.116. The van der Waals surface area contributed by atoms with Crippen molar-refractivity contribution in [2.45, 2.75) is 38.6 Å². The van der Waals surface area contributed by atoms with E-state index in [9.17, 15) is 14.3 Å². The summed E-state index contributed by atoms with van der Waals surface area (Å²) in [6, 6.07) is 16.1. The summed E-state index contributed by atoms with van der Waals surface area (Å²) in [5.74, 6) is -0.207. The number of aryl methyl sites for hydroxylation is 1. The normalized spacial score (nSPS) is 17.3. The van der Waals surface area contributed by atoms with Crippen LogP contribution in [-0.4, -0.2) is 61.1 Å². The Morgan fingerprint density at radius 3 is 2.79 bits per heavy atom. The molecule has 220 valence electrons. The second-order valence-corrected chi connectivity index (χ2v) is 11.2. The third-order valence-corrected chi connectivity index (χ3v) is 8.42. The third-order valence-electron chi connectivity index (χ3n) is 8.42. The SMILES string of the molecule is Cn1ncc2cc(COc3cc(C4=CCN(Cc5nc6ccc(C(=O)O)cc6n5C[C@@H]5CCO5)CC4)ccc3F)ccc21. The largest absolute Gasteiger partial charge is 0.486 e. The first-order chi connectivity index (χ1) is 20.9. The number of hydrogen-bond donors (Lipinski definition) is 1. The van der Waals surface area contributed by atoms with Gasteiger partial charge in [-0.15, -0.1) is 0 Å². The van der Waals surface area contributed by atoms with Gasteiger partial charge < -0.3 is 19.1 Å². The summed E-state index contributed by atoms with van der Waals surface area (Å²) in [7, 11) is 1.90. The Morgan fingerprint density at radius 1 is 1.14 bits per heavy atom. The number of carboxylic acids is 1. The summed E-state index contributed by atoms with van der Waals surface area (Å²) in [5, 5.41) is 14.8. The lowest BCUT2D eigenvalue weighted by atomic mass is 9.99. The number of benzene rings is 3. The third kappa shape index (κ3) is 5.51. The van der Waals surface area contributed by atoms with Gasteiger partial charge in [0.1, 0.15) is 12.4 Å². The number of imidazole rings is 1. The molecule has 5 aromatic rings. The first-order valence-corrected chi connectivity index (χ1v) is 14.5. The van der Waals surface area contributed by atoms with E-state index in [1.165, 1.54) is 6.07 Å². The van der Waals surface area contributed by atoms with Crippen molar-refractivity contribution in [3.05, 3.63) is 95.2 Å². The molecule has 1 atom stereocenters. The van der Waals surface area contributed by atoms with Crippen molar-refractivity contribution in [2.24, 2.45) is 7.05 Å². The van der Waals surface area contributed by atoms with Crippen LogP contribution in [0.3, 0.4) is 0 Å². The molecule has 10 heteroatoms. The summed E-state index contributed by atoms with van der Waals surface area (Å²) in [4.78, 5) is 18.8. The number of aromatic carboxylic acids is 1. The fourth-order valence-corrected chi connectivity index (χ4v) is 5.86. The Kier molecular flexibility index (Phi) is 7.16. The van der Waals surface area contributed by atoms with Crippen molar-refractivity contribution in [1.82, 2.24) is 24.2 Å². The van der Waals surface area contributed by atoms with Crippen molar-refractivity contribution in [3.63, 3.8) is 0 Å². The van der Waals surface area contributed by atoms with Gasteiger partial charge in [0, 0.05) is 32.1 Å². The van der Waals surface area contributed by atoms with Gasteiger partial charge in [-0.05, 0) is 72.0 Å². The zero-order valence-corrected chi connectivity index (χ0v) is 23.9. The average Bonchev–Trinajstić information content (AvgIpc) is 3.53. The predicted octanol–water partition coefficient (Wildman–Crippen LogP) is 5.42. The minimum Gasteiger partial charge on any atom is -0.486 e. The van der Waals surface area contributed by atoms with Crippen LogP contribution < -0.4 is 4.74 Å². The zero-order valence-electron chi connectivity index (χ0n) is 23.9. The molecule has 2 aromatic heterocycles. The van der Waals surface area contributed by atoms with E-state index in [-0.39, 0.29) is 29.8 Å².